The Labute approximate surface area is 110 Å². The van der Waals surface area contributed by atoms with E-state index in [0.717, 1.165) is 25.3 Å². The van der Waals surface area contributed by atoms with Gasteiger partial charge in [0.05, 0.1) is 0 Å². The lowest BCUT2D eigenvalue weighted by molar-refractivity contribution is 0.644. The highest BCUT2D eigenvalue weighted by Crippen LogP contribution is 2.27. The molecule has 19 heavy (non-hydrogen) atoms. The minimum atomic E-state index is 0.643. The van der Waals surface area contributed by atoms with E-state index >= 15 is 0 Å². The summed E-state index contributed by atoms with van der Waals surface area (Å²) in [4.78, 5) is 4.22. The minimum absolute atomic E-state index is 0.643. The first kappa shape index (κ1) is 10.6. The summed E-state index contributed by atoms with van der Waals surface area (Å²) in [6.07, 6.45) is 4.72. The van der Waals surface area contributed by atoms with E-state index in [0.29, 0.717) is 5.78 Å². The molecule has 1 aliphatic rings. The quantitative estimate of drug-likeness (QED) is 0.711. The summed E-state index contributed by atoms with van der Waals surface area (Å²) in [5.41, 5.74) is 3.89. The summed E-state index contributed by atoms with van der Waals surface area (Å²) in [5.74, 6) is 1.52. The predicted octanol–water partition coefficient (Wildman–Crippen LogP) is 1.44. The first-order chi connectivity index (χ1) is 9.43. The van der Waals surface area contributed by atoms with Crippen LogP contribution >= 0.6 is 0 Å². The van der Waals surface area contributed by atoms with Gasteiger partial charge in [-0.2, -0.15) is 0 Å². The maximum absolute atomic E-state index is 4.30. The molecular weight excluding hydrogens is 238 g/mol. The van der Waals surface area contributed by atoms with Crippen molar-refractivity contribution in [2.75, 3.05) is 6.54 Å². The molecule has 3 aromatic rings. The van der Waals surface area contributed by atoms with Gasteiger partial charge in [-0.1, -0.05) is 18.2 Å². The van der Waals surface area contributed by atoms with Crippen LogP contribution in [0.15, 0.2) is 36.7 Å². The zero-order chi connectivity index (χ0) is 12.7. The molecule has 0 atom stereocenters. The van der Waals surface area contributed by atoms with Gasteiger partial charge in [-0.05, 0) is 30.2 Å². The first-order valence-electron chi connectivity index (χ1n) is 6.41. The molecule has 0 unspecified atom stereocenters. The molecule has 0 saturated carbocycles. The van der Waals surface area contributed by atoms with Crippen LogP contribution in [0.25, 0.3) is 17.2 Å². The number of hydrogen-bond acceptors (Lipinski definition) is 4. The van der Waals surface area contributed by atoms with Crippen molar-refractivity contribution in [3.05, 3.63) is 47.8 Å². The molecule has 0 aliphatic carbocycles. The van der Waals surface area contributed by atoms with Gasteiger partial charge in [0.1, 0.15) is 0 Å². The van der Waals surface area contributed by atoms with E-state index in [2.05, 4.69) is 38.7 Å². The molecule has 0 spiro atoms. The van der Waals surface area contributed by atoms with Gasteiger partial charge in [-0.3, -0.25) is 4.40 Å². The third-order valence-electron chi connectivity index (χ3n) is 3.57. The van der Waals surface area contributed by atoms with Crippen molar-refractivity contribution in [3.8, 4) is 11.4 Å². The largest absolute Gasteiger partial charge is 0.312 e. The fourth-order valence-electron chi connectivity index (χ4n) is 2.67. The topological polar surface area (TPSA) is 55.1 Å². The molecule has 5 nitrogen and oxygen atoms in total. The Morgan fingerprint density at radius 3 is 3.16 bits per heavy atom. The molecule has 5 heteroatoms. The molecule has 1 N–H and O–H groups in total. The minimum Gasteiger partial charge on any atom is -0.312 e. The summed E-state index contributed by atoms with van der Waals surface area (Å²) in [7, 11) is 0. The number of nitrogens with one attached hydrogen (secondary N) is 1. The number of fused-ring (bicyclic) bond motifs is 2. The smallest absolute Gasteiger partial charge is 0.255 e. The lowest BCUT2D eigenvalue weighted by atomic mass is 9.95. The van der Waals surface area contributed by atoms with E-state index in [9.17, 15) is 0 Å². The maximum Gasteiger partial charge on any atom is 0.255 e. The summed E-state index contributed by atoms with van der Waals surface area (Å²) in [6, 6.07) is 8.27. The summed E-state index contributed by atoms with van der Waals surface area (Å²) in [5, 5.41) is 11.8. The van der Waals surface area contributed by atoms with Gasteiger partial charge in [0.25, 0.3) is 5.78 Å². The van der Waals surface area contributed by atoms with Crippen molar-refractivity contribution in [2.24, 2.45) is 0 Å². The van der Waals surface area contributed by atoms with E-state index in [1.165, 1.54) is 16.7 Å². The predicted molar refractivity (Wildman–Crippen MR) is 71.6 cm³/mol. The third kappa shape index (κ3) is 1.62. The van der Waals surface area contributed by atoms with Gasteiger partial charge in [-0.25, -0.2) is 4.98 Å². The fraction of sp³-hybridized carbons (Fsp3) is 0.214. The van der Waals surface area contributed by atoms with Crippen LogP contribution in [0.2, 0.25) is 0 Å². The van der Waals surface area contributed by atoms with Crippen LogP contribution in [0.3, 0.4) is 0 Å². The summed E-state index contributed by atoms with van der Waals surface area (Å²) in [6.45, 7) is 1.94. The Kier molecular flexibility index (Phi) is 2.31. The van der Waals surface area contributed by atoms with Gasteiger partial charge < -0.3 is 5.32 Å². The molecule has 0 radical (unpaired) electrons. The second-order valence-electron chi connectivity index (χ2n) is 4.68. The molecule has 3 heterocycles. The van der Waals surface area contributed by atoms with E-state index in [1.54, 1.807) is 6.20 Å². The highest BCUT2D eigenvalue weighted by molar-refractivity contribution is 5.64. The van der Waals surface area contributed by atoms with Crippen molar-refractivity contribution < 1.29 is 0 Å². The van der Waals surface area contributed by atoms with E-state index < -0.39 is 0 Å². The molecule has 2 aromatic heterocycles. The normalized spacial score (nSPS) is 14.5. The van der Waals surface area contributed by atoms with Crippen molar-refractivity contribution in [2.45, 2.75) is 13.0 Å². The highest BCUT2D eigenvalue weighted by Gasteiger charge is 2.17. The molecule has 0 amide bonds. The Hall–Kier alpha value is -2.27. The molecule has 1 aromatic carbocycles. The lowest BCUT2D eigenvalue weighted by Gasteiger charge is -2.19. The Bertz CT molecular complexity index is 746. The second-order valence-corrected chi connectivity index (χ2v) is 4.68. The average molecular weight is 251 g/mol. The monoisotopic (exact) mass is 251 g/mol. The standard InChI is InChI=1S/C14H13N5/c1-3-10-9-15-7-5-11(10)12(4-1)13-17-18-14-16-6-2-8-19(13)14/h1-4,6,8,15H,5,7,9H2. The highest BCUT2D eigenvalue weighted by atomic mass is 15.3. The molecular formula is C14H13N5. The summed E-state index contributed by atoms with van der Waals surface area (Å²) >= 11 is 0. The molecule has 0 saturated heterocycles. The van der Waals surface area contributed by atoms with Crippen LogP contribution < -0.4 is 5.32 Å². The number of aromatic nitrogens is 4. The number of benzene rings is 1. The first-order valence-corrected chi connectivity index (χ1v) is 6.41. The molecule has 1 aliphatic heterocycles. The lowest BCUT2D eigenvalue weighted by Crippen LogP contribution is -2.24. The Morgan fingerprint density at radius 2 is 2.16 bits per heavy atom. The Morgan fingerprint density at radius 1 is 1.16 bits per heavy atom. The van der Waals surface area contributed by atoms with Crippen molar-refractivity contribution in [3.63, 3.8) is 0 Å². The molecule has 0 fully saturated rings. The fourth-order valence-corrected chi connectivity index (χ4v) is 2.67. The third-order valence-corrected chi connectivity index (χ3v) is 3.57. The van der Waals surface area contributed by atoms with Crippen LogP contribution in [0.1, 0.15) is 11.1 Å². The van der Waals surface area contributed by atoms with E-state index in [4.69, 9.17) is 0 Å². The van der Waals surface area contributed by atoms with Crippen LogP contribution in [0, 0.1) is 0 Å². The average Bonchev–Trinajstić information content (AvgIpc) is 2.90. The van der Waals surface area contributed by atoms with Crippen molar-refractivity contribution in [1.82, 2.24) is 24.9 Å². The van der Waals surface area contributed by atoms with Crippen LogP contribution in [-0.2, 0) is 13.0 Å². The van der Waals surface area contributed by atoms with Gasteiger partial charge in [0, 0.05) is 24.5 Å². The zero-order valence-corrected chi connectivity index (χ0v) is 10.4. The molecule has 0 bridgehead atoms. The SMILES string of the molecule is c1cc2c(c(-c3nnc4ncccn34)c1)CCNC2. The maximum atomic E-state index is 4.30. The zero-order valence-electron chi connectivity index (χ0n) is 10.4. The summed E-state index contributed by atoms with van der Waals surface area (Å²) < 4.78 is 1.94. The van der Waals surface area contributed by atoms with E-state index in [-0.39, 0.29) is 0 Å². The number of rotatable bonds is 1. The van der Waals surface area contributed by atoms with Gasteiger partial charge in [0.2, 0.25) is 0 Å². The van der Waals surface area contributed by atoms with Crippen molar-refractivity contribution >= 4 is 5.78 Å². The van der Waals surface area contributed by atoms with Gasteiger partial charge in [-0.15, -0.1) is 10.2 Å². The van der Waals surface area contributed by atoms with Crippen LogP contribution in [0.4, 0.5) is 0 Å². The van der Waals surface area contributed by atoms with E-state index in [1.807, 2.05) is 16.7 Å². The number of hydrogen-bond donors (Lipinski definition) is 1. The molecule has 4 rings (SSSR count). The van der Waals surface area contributed by atoms with Crippen LogP contribution in [-0.4, -0.2) is 26.1 Å². The van der Waals surface area contributed by atoms with Gasteiger partial charge in [0.15, 0.2) is 5.82 Å². The molecule has 94 valence electrons. The van der Waals surface area contributed by atoms with Gasteiger partial charge >= 0.3 is 0 Å². The van der Waals surface area contributed by atoms with Crippen LogP contribution in [0.5, 0.6) is 0 Å². The van der Waals surface area contributed by atoms with Crippen molar-refractivity contribution in [1.29, 1.82) is 0 Å². The second kappa shape index (κ2) is 4.13. The number of nitrogens with zero attached hydrogens (tertiary/aromatic N) is 4. The Balaban J connectivity index is 1.97.